The van der Waals surface area contributed by atoms with Crippen LogP contribution in [-0.2, 0) is 25.7 Å². The Bertz CT molecular complexity index is 1210. The minimum absolute atomic E-state index is 0.174. The van der Waals surface area contributed by atoms with Crippen molar-refractivity contribution in [2.24, 2.45) is 17.8 Å². The van der Waals surface area contributed by atoms with Crippen molar-refractivity contribution < 1.29 is 24.2 Å². The van der Waals surface area contributed by atoms with Crippen LogP contribution in [0.1, 0.15) is 38.7 Å². The lowest BCUT2D eigenvalue weighted by atomic mass is 9.70. The van der Waals surface area contributed by atoms with Crippen molar-refractivity contribution >= 4 is 35.0 Å². The summed E-state index contributed by atoms with van der Waals surface area (Å²) in [6, 6.07) is 14.9. The summed E-state index contributed by atoms with van der Waals surface area (Å²) in [5.41, 5.74) is 0.237. The van der Waals surface area contributed by atoms with Gasteiger partial charge >= 0.3 is 0 Å². The van der Waals surface area contributed by atoms with Gasteiger partial charge in [0.2, 0.25) is 17.7 Å². The summed E-state index contributed by atoms with van der Waals surface area (Å²) in [6.07, 6.45) is 1.11. The average molecular weight is 540 g/mol. The molecule has 0 radical (unpaired) electrons. The first-order valence-electron chi connectivity index (χ1n) is 13.2. The summed E-state index contributed by atoms with van der Waals surface area (Å²) in [6.45, 7) is 4.05. The van der Waals surface area contributed by atoms with Gasteiger partial charge in [-0.3, -0.25) is 14.4 Å². The van der Waals surface area contributed by atoms with E-state index >= 15 is 0 Å². The van der Waals surface area contributed by atoms with Gasteiger partial charge in [0.25, 0.3) is 0 Å². The van der Waals surface area contributed by atoms with E-state index in [4.69, 9.17) is 16.3 Å². The number of nitrogens with zero attached hydrogens (tertiary/aromatic N) is 1. The van der Waals surface area contributed by atoms with Crippen LogP contribution >= 0.6 is 11.6 Å². The number of rotatable bonds is 9. The highest BCUT2D eigenvalue weighted by Gasteiger charge is 2.75. The van der Waals surface area contributed by atoms with Gasteiger partial charge in [-0.2, -0.15) is 0 Å². The molecule has 3 heterocycles. The molecule has 0 aliphatic carbocycles. The van der Waals surface area contributed by atoms with Crippen LogP contribution in [0, 0.1) is 17.8 Å². The van der Waals surface area contributed by atoms with E-state index in [9.17, 15) is 19.5 Å². The number of carbonyl (C=O) groups is 3. The van der Waals surface area contributed by atoms with Gasteiger partial charge in [0, 0.05) is 6.54 Å². The molecule has 3 amide bonds. The number of fused-ring (bicyclic) bond motifs is 1. The Morgan fingerprint density at radius 2 is 1.84 bits per heavy atom. The summed E-state index contributed by atoms with van der Waals surface area (Å²) >= 11 is 6.32. The van der Waals surface area contributed by atoms with E-state index in [0.717, 1.165) is 5.56 Å². The molecule has 38 heavy (non-hydrogen) atoms. The smallest absolute Gasteiger partial charge is 0.250 e. The summed E-state index contributed by atoms with van der Waals surface area (Å²) in [5.74, 6) is -2.34. The van der Waals surface area contributed by atoms with Gasteiger partial charge in [-0.05, 0) is 42.9 Å². The largest absolute Gasteiger partial charge is 0.394 e. The Hall–Kier alpha value is -2.94. The molecule has 3 aliphatic rings. The molecule has 2 bridgehead atoms. The van der Waals surface area contributed by atoms with Crippen LogP contribution < -0.4 is 10.6 Å². The Morgan fingerprint density at radius 3 is 2.53 bits per heavy atom. The van der Waals surface area contributed by atoms with Crippen LogP contribution in [0.5, 0.6) is 0 Å². The molecule has 2 aromatic carbocycles. The first-order valence-corrected chi connectivity index (χ1v) is 13.6. The average Bonchev–Trinajstić information content (AvgIpc) is 3.55. The fourth-order valence-electron chi connectivity index (χ4n) is 6.57. The summed E-state index contributed by atoms with van der Waals surface area (Å²) in [7, 11) is 0. The van der Waals surface area contributed by atoms with Crippen LogP contribution in [0.2, 0.25) is 5.02 Å². The third kappa shape index (κ3) is 4.59. The lowest BCUT2D eigenvalue weighted by molar-refractivity contribution is -0.144. The number of aliphatic hydroxyl groups excluding tert-OH is 1. The van der Waals surface area contributed by atoms with Gasteiger partial charge in [-0.15, -0.1) is 0 Å². The van der Waals surface area contributed by atoms with Crippen molar-refractivity contribution in [3.8, 4) is 0 Å². The van der Waals surface area contributed by atoms with E-state index < -0.39 is 41.5 Å². The third-order valence-corrected chi connectivity index (χ3v) is 8.41. The molecule has 3 saturated heterocycles. The van der Waals surface area contributed by atoms with Gasteiger partial charge < -0.3 is 25.4 Å². The maximum Gasteiger partial charge on any atom is 0.250 e. The molecular formula is C29H34ClN3O5. The number of nitrogens with one attached hydrogen (secondary N) is 2. The van der Waals surface area contributed by atoms with E-state index in [0.29, 0.717) is 36.5 Å². The van der Waals surface area contributed by atoms with Crippen LogP contribution in [0.25, 0.3) is 0 Å². The molecule has 9 heteroatoms. The zero-order valence-corrected chi connectivity index (χ0v) is 22.4. The Morgan fingerprint density at radius 1 is 1.13 bits per heavy atom. The molecular weight excluding hydrogens is 506 g/mol. The predicted octanol–water partition coefficient (Wildman–Crippen LogP) is 3.38. The van der Waals surface area contributed by atoms with Gasteiger partial charge in [0.05, 0.1) is 41.3 Å². The van der Waals surface area contributed by atoms with Gasteiger partial charge in [-0.1, -0.05) is 67.9 Å². The highest BCUT2D eigenvalue weighted by molar-refractivity contribution is 6.33. The summed E-state index contributed by atoms with van der Waals surface area (Å²) in [4.78, 5) is 43.0. The Labute approximate surface area is 227 Å². The van der Waals surface area contributed by atoms with E-state index in [-0.39, 0.29) is 24.3 Å². The minimum Gasteiger partial charge on any atom is -0.394 e. The van der Waals surface area contributed by atoms with Crippen molar-refractivity contribution in [2.75, 3.05) is 11.9 Å². The van der Waals surface area contributed by atoms with Gasteiger partial charge in [0.1, 0.15) is 11.6 Å². The second-order valence-corrected chi connectivity index (χ2v) is 11.3. The number of ether oxygens (including phenoxy) is 1. The highest BCUT2D eigenvalue weighted by atomic mass is 35.5. The van der Waals surface area contributed by atoms with Crippen LogP contribution in [0.3, 0.4) is 0 Å². The number of amides is 3. The van der Waals surface area contributed by atoms with Crippen molar-refractivity contribution in [3.05, 3.63) is 65.2 Å². The van der Waals surface area contributed by atoms with Crippen molar-refractivity contribution in [1.29, 1.82) is 0 Å². The zero-order chi connectivity index (χ0) is 27.0. The lowest BCUT2D eigenvalue weighted by Crippen LogP contribution is -2.56. The van der Waals surface area contributed by atoms with E-state index in [2.05, 4.69) is 10.6 Å². The fraction of sp³-hybridized carbons (Fsp3) is 0.483. The molecule has 0 aromatic heterocycles. The summed E-state index contributed by atoms with van der Waals surface area (Å²) in [5, 5.41) is 16.6. The second kappa shape index (κ2) is 10.7. The van der Waals surface area contributed by atoms with Crippen molar-refractivity contribution in [1.82, 2.24) is 10.2 Å². The van der Waals surface area contributed by atoms with Crippen molar-refractivity contribution in [3.63, 3.8) is 0 Å². The molecule has 3 N–H and O–H groups in total. The number of hydrogen-bond acceptors (Lipinski definition) is 5. The first kappa shape index (κ1) is 26.7. The zero-order valence-electron chi connectivity index (χ0n) is 21.6. The molecule has 3 fully saturated rings. The number of anilines is 1. The number of hydrogen-bond donors (Lipinski definition) is 3. The van der Waals surface area contributed by atoms with E-state index in [1.807, 2.05) is 44.2 Å². The standard InChI is InChI=1S/C29H34ClN3O5/c1-17(2)14-19(16-34)33-25(27(36)32-21-11-7-6-10-20(21)30)29-13-12-22(38-29)23(24(29)28(33)37)26(35)31-15-18-8-4-3-5-9-18/h3-11,17,19,22-25,34H,12-16H2,1-2H3,(H,31,35)(H,32,36)/t19-,22-,23+,24+,25?,29?/m1/s1. The Kier molecular flexibility index (Phi) is 7.49. The topological polar surface area (TPSA) is 108 Å². The van der Waals surface area contributed by atoms with E-state index in [1.54, 1.807) is 24.3 Å². The third-order valence-electron chi connectivity index (χ3n) is 8.08. The predicted molar refractivity (Wildman–Crippen MR) is 143 cm³/mol. The van der Waals surface area contributed by atoms with Gasteiger partial charge in [-0.25, -0.2) is 0 Å². The lowest BCUT2D eigenvalue weighted by Gasteiger charge is -2.37. The molecule has 1 spiro atoms. The van der Waals surface area contributed by atoms with Crippen LogP contribution in [0.15, 0.2) is 54.6 Å². The first-order chi connectivity index (χ1) is 18.3. The second-order valence-electron chi connectivity index (χ2n) is 10.9. The summed E-state index contributed by atoms with van der Waals surface area (Å²) < 4.78 is 6.47. The molecule has 202 valence electrons. The number of likely N-dealkylation sites (tertiary alicyclic amines) is 1. The molecule has 3 aliphatic heterocycles. The quantitative estimate of drug-likeness (QED) is 0.453. The maximum absolute atomic E-state index is 14.1. The maximum atomic E-state index is 14.1. The molecule has 8 nitrogen and oxygen atoms in total. The molecule has 6 atom stereocenters. The monoisotopic (exact) mass is 539 g/mol. The SMILES string of the molecule is CC(C)C[C@H](CO)N1C(=O)[C@@H]2[C@@H](C(=O)NCc3ccccc3)[C@H]3CCC2(O3)C1C(=O)Nc1ccccc1Cl. The highest BCUT2D eigenvalue weighted by Crippen LogP contribution is 2.59. The molecule has 2 aromatic rings. The Balaban J connectivity index is 1.47. The minimum atomic E-state index is -1.15. The molecule has 5 rings (SSSR count). The number of benzene rings is 2. The normalized spacial score (nSPS) is 28.4. The molecule has 2 unspecified atom stereocenters. The fourth-order valence-corrected chi connectivity index (χ4v) is 6.75. The van der Waals surface area contributed by atoms with Gasteiger partial charge in [0.15, 0.2) is 0 Å². The number of halogens is 1. The van der Waals surface area contributed by atoms with Crippen molar-refractivity contribution in [2.45, 2.75) is 63.4 Å². The van der Waals surface area contributed by atoms with Crippen LogP contribution in [0.4, 0.5) is 5.69 Å². The number of carbonyl (C=O) groups excluding carboxylic acids is 3. The van der Waals surface area contributed by atoms with Crippen LogP contribution in [-0.4, -0.2) is 58.1 Å². The van der Waals surface area contributed by atoms with E-state index in [1.165, 1.54) is 4.90 Å². The molecule has 0 saturated carbocycles. The number of para-hydroxylation sites is 1. The number of aliphatic hydroxyl groups is 1.